The van der Waals surface area contributed by atoms with Crippen molar-refractivity contribution in [2.75, 3.05) is 5.32 Å². The second kappa shape index (κ2) is 4.91. The Hall–Kier alpha value is -2.30. The molecule has 1 aromatic heterocycles. The fourth-order valence-electron chi connectivity index (χ4n) is 1.65. The molecule has 0 bridgehead atoms. The smallest absolute Gasteiger partial charge is 0.353 e. The molecule has 0 saturated carbocycles. The van der Waals surface area contributed by atoms with Gasteiger partial charge in [-0.05, 0) is 32.0 Å². The van der Waals surface area contributed by atoms with Gasteiger partial charge in [0.2, 0.25) is 0 Å². The summed E-state index contributed by atoms with van der Waals surface area (Å²) in [5.74, 6) is -1.01. The number of hydrogen-bond donors (Lipinski definition) is 3. The van der Waals surface area contributed by atoms with Crippen LogP contribution in [0.4, 0.5) is 5.69 Å². The molecule has 0 unspecified atom stereocenters. The van der Waals surface area contributed by atoms with Gasteiger partial charge in [-0.1, -0.05) is 12.1 Å². The number of nitrogens with one attached hydrogen (secondary N) is 2. The van der Waals surface area contributed by atoms with Gasteiger partial charge in [-0.25, -0.2) is 4.79 Å². The quantitative estimate of drug-likeness (QED) is 0.773. The largest absolute Gasteiger partial charge is 0.477 e. The molecule has 1 aromatic carbocycles. The first-order valence-corrected chi connectivity index (χ1v) is 5.72. The van der Waals surface area contributed by atoms with Gasteiger partial charge < -0.3 is 10.4 Å². The zero-order valence-electron chi connectivity index (χ0n) is 10.3. The number of benzene rings is 1. The van der Waals surface area contributed by atoms with Gasteiger partial charge in [0.25, 0.3) is 0 Å². The molecule has 0 atom stereocenters. The van der Waals surface area contributed by atoms with Crippen LogP contribution in [0.5, 0.6) is 0 Å². The second-order valence-corrected chi connectivity index (χ2v) is 4.35. The lowest BCUT2D eigenvalue weighted by molar-refractivity contribution is 0.0690. The molecule has 18 heavy (non-hydrogen) atoms. The third kappa shape index (κ3) is 2.68. The summed E-state index contributed by atoms with van der Waals surface area (Å²) in [6.45, 7) is 4.14. The Morgan fingerprint density at radius 3 is 2.50 bits per heavy atom. The van der Waals surface area contributed by atoms with Gasteiger partial charge >= 0.3 is 5.97 Å². The number of aromatic nitrogens is 2. The number of aromatic amines is 1. The second-order valence-electron chi connectivity index (χ2n) is 4.35. The van der Waals surface area contributed by atoms with Crippen LogP contribution in [0.25, 0.3) is 11.3 Å². The summed E-state index contributed by atoms with van der Waals surface area (Å²) in [6, 6.07) is 9.61. The van der Waals surface area contributed by atoms with E-state index in [1.807, 2.05) is 24.3 Å². The van der Waals surface area contributed by atoms with Crippen LogP contribution >= 0.6 is 0 Å². The van der Waals surface area contributed by atoms with Crippen LogP contribution in [0.1, 0.15) is 24.3 Å². The minimum absolute atomic E-state index is 0.0920. The van der Waals surface area contributed by atoms with E-state index in [9.17, 15) is 4.79 Å². The molecule has 1 heterocycles. The maximum absolute atomic E-state index is 10.7. The van der Waals surface area contributed by atoms with Gasteiger partial charge in [0.05, 0.1) is 5.69 Å². The number of rotatable bonds is 4. The first-order valence-electron chi connectivity index (χ1n) is 5.72. The van der Waals surface area contributed by atoms with Crippen molar-refractivity contribution < 1.29 is 9.90 Å². The molecule has 0 aliphatic carbocycles. The maximum atomic E-state index is 10.7. The molecular formula is C13H15N3O2. The molecule has 0 amide bonds. The van der Waals surface area contributed by atoms with E-state index in [1.54, 1.807) is 0 Å². The van der Waals surface area contributed by atoms with E-state index in [4.69, 9.17) is 5.11 Å². The van der Waals surface area contributed by atoms with Crippen LogP contribution in [0.3, 0.4) is 0 Å². The number of nitrogens with zero attached hydrogens (tertiary/aromatic N) is 1. The van der Waals surface area contributed by atoms with Crippen LogP contribution in [-0.4, -0.2) is 27.3 Å². The average Bonchev–Trinajstić information content (AvgIpc) is 2.78. The Morgan fingerprint density at radius 1 is 1.33 bits per heavy atom. The third-order valence-electron chi connectivity index (χ3n) is 2.44. The normalized spacial score (nSPS) is 10.6. The maximum Gasteiger partial charge on any atom is 0.353 e. The molecule has 2 rings (SSSR count). The highest BCUT2D eigenvalue weighted by Gasteiger charge is 2.08. The zero-order chi connectivity index (χ0) is 13.1. The molecule has 94 valence electrons. The molecule has 0 aliphatic heterocycles. The number of carbonyl (C=O) groups is 1. The molecule has 0 fully saturated rings. The standard InChI is InChI=1S/C13H15N3O2/c1-8(2)14-10-5-3-9(4-6-10)11-7-12(13(17)18)16-15-11/h3-8,14H,1-2H3,(H,15,16)(H,17,18). The predicted octanol–water partition coefficient (Wildman–Crippen LogP) is 2.60. The molecule has 2 aromatic rings. The first kappa shape index (κ1) is 12.2. The minimum atomic E-state index is -1.01. The van der Waals surface area contributed by atoms with Crippen LogP contribution in [-0.2, 0) is 0 Å². The van der Waals surface area contributed by atoms with E-state index >= 15 is 0 Å². The average molecular weight is 245 g/mol. The van der Waals surface area contributed by atoms with Gasteiger partial charge in [-0.2, -0.15) is 5.10 Å². The Morgan fingerprint density at radius 2 is 2.00 bits per heavy atom. The van der Waals surface area contributed by atoms with Crippen molar-refractivity contribution in [3.05, 3.63) is 36.0 Å². The minimum Gasteiger partial charge on any atom is -0.477 e. The summed E-state index contributed by atoms with van der Waals surface area (Å²) >= 11 is 0. The van der Waals surface area contributed by atoms with Crippen molar-refractivity contribution in [3.63, 3.8) is 0 Å². The van der Waals surface area contributed by atoms with E-state index in [0.717, 1.165) is 11.3 Å². The van der Waals surface area contributed by atoms with E-state index in [0.29, 0.717) is 11.7 Å². The fourth-order valence-corrected chi connectivity index (χ4v) is 1.65. The first-order chi connectivity index (χ1) is 8.56. The number of aromatic carboxylic acids is 1. The molecule has 3 N–H and O–H groups in total. The summed E-state index contributed by atoms with van der Waals surface area (Å²) in [5, 5.41) is 18.5. The van der Waals surface area contributed by atoms with Crippen molar-refractivity contribution in [3.8, 4) is 11.3 Å². The van der Waals surface area contributed by atoms with Gasteiger partial charge in [0.1, 0.15) is 5.69 Å². The SMILES string of the molecule is CC(C)Nc1ccc(-c2cc(C(=O)O)[nH]n2)cc1. The highest BCUT2D eigenvalue weighted by molar-refractivity contribution is 5.86. The van der Waals surface area contributed by atoms with Crippen LogP contribution in [0.2, 0.25) is 0 Å². The van der Waals surface area contributed by atoms with Gasteiger partial charge in [0, 0.05) is 17.3 Å². The lowest BCUT2D eigenvalue weighted by Gasteiger charge is -2.09. The summed E-state index contributed by atoms with van der Waals surface area (Å²) in [4.78, 5) is 10.7. The highest BCUT2D eigenvalue weighted by Crippen LogP contribution is 2.20. The lowest BCUT2D eigenvalue weighted by Crippen LogP contribution is -2.09. The van der Waals surface area contributed by atoms with Crippen LogP contribution in [0, 0.1) is 0 Å². The Balaban J connectivity index is 2.20. The highest BCUT2D eigenvalue weighted by atomic mass is 16.4. The molecule has 0 radical (unpaired) electrons. The molecular weight excluding hydrogens is 230 g/mol. The van der Waals surface area contributed by atoms with Gasteiger partial charge in [0.15, 0.2) is 0 Å². The zero-order valence-corrected chi connectivity index (χ0v) is 10.3. The number of H-pyrrole nitrogens is 1. The van der Waals surface area contributed by atoms with E-state index in [1.165, 1.54) is 6.07 Å². The van der Waals surface area contributed by atoms with Crippen molar-refractivity contribution in [2.45, 2.75) is 19.9 Å². The summed E-state index contributed by atoms with van der Waals surface area (Å²) in [7, 11) is 0. The summed E-state index contributed by atoms with van der Waals surface area (Å²) in [6.07, 6.45) is 0. The van der Waals surface area contributed by atoms with Crippen molar-refractivity contribution >= 4 is 11.7 Å². The number of carboxylic acids is 1. The van der Waals surface area contributed by atoms with Gasteiger partial charge in [-0.3, -0.25) is 5.10 Å². The van der Waals surface area contributed by atoms with E-state index in [2.05, 4.69) is 29.4 Å². The van der Waals surface area contributed by atoms with Crippen molar-refractivity contribution in [1.82, 2.24) is 10.2 Å². The number of carboxylic acid groups (broad SMARTS) is 1. The van der Waals surface area contributed by atoms with E-state index < -0.39 is 5.97 Å². The van der Waals surface area contributed by atoms with Gasteiger partial charge in [-0.15, -0.1) is 0 Å². The predicted molar refractivity (Wildman–Crippen MR) is 69.7 cm³/mol. The topological polar surface area (TPSA) is 78.0 Å². The summed E-state index contributed by atoms with van der Waals surface area (Å²) in [5.41, 5.74) is 2.63. The Labute approximate surface area is 105 Å². The lowest BCUT2D eigenvalue weighted by atomic mass is 10.1. The Kier molecular flexibility index (Phi) is 3.32. The number of hydrogen-bond acceptors (Lipinski definition) is 3. The van der Waals surface area contributed by atoms with Crippen molar-refractivity contribution in [1.29, 1.82) is 0 Å². The monoisotopic (exact) mass is 245 g/mol. The van der Waals surface area contributed by atoms with Crippen LogP contribution < -0.4 is 5.32 Å². The molecule has 0 aliphatic rings. The Bertz CT molecular complexity index is 544. The molecule has 0 saturated heterocycles. The van der Waals surface area contributed by atoms with Crippen molar-refractivity contribution in [2.24, 2.45) is 0 Å². The molecule has 0 spiro atoms. The fraction of sp³-hybridized carbons (Fsp3) is 0.231. The third-order valence-corrected chi connectivity index (χ3v) is 2.44. The van der Waals surface area contributed by atoms with E-state index in [-0.39, 0.29) is 5.69 Å². The summed E-state index contributed by atoms with van der Waals surface area (Å²) < 4.78 is 0. The van der Waals surface area contributed by atoms with Crippen LogP contribution in [0.15, 0.2) is 30.3 Å². The number of anilines is 1. The molecule has 5 heteroatoms. The molecule has 5 nitrogen and oxygen atoms in total.